The van der Waals surface area contributed by atoms with E-state index in [1.807, 2.05) is 5.51 Å². The highest BCUT2D eigenvalue weighted by molar-refractivity contribution is 7.07. The maximum absolute atomic E-state index is 4.45. The molecule has 0 amide bonds. The number of benzene rings is 1. The number of nitrogens with zero attached hydrogens (tertiary/aromatic N) is 1. The molecule has 1 atom stereocenters. The predicted molar refractivity (Wildman–Crippen MR) is 87.4 cm³/mol. The second-order valence-electron chi connectivity index (χ2n) is 5.79. The van der Waals surface area contributed by atoms with E-state index < -0.39 is 0 Å². The Hall–Kier alpha value is -1.19. The molecule has 2 rings (SSSR count). The van der Waals surface area contributed by atoms with Crippen molar-refractivity contribution in [3.63, 3.8) is 0 Å². The van der Waals surface area contributed by atoms with E-state index in [2.05, 4.69) is 60.7 Å². The molecule has 0 spiro atoms. The third kappa shape index (κ3) is 4.43. The zero-order valence-corrected chi connectivity index (χ0v) is 13.4. The fraction of sp³-hybridized carbons (Fsp3) is 0.471. The van der Waals surface area contributed by atoms with E-state index in [1.165, 1.54) is 16.8 Å². The van der Waals surface area contributed by atoms with Crippen molar-refractivity contribution in [1.82, 2.24) is 10.3 Å². The standard InChI is InChI=1S/C17H24N2S/c1-13(2)9-18-10-15(8-16-11-20-12-19-16)17-7-5-4-6-14(17)3/h4-7,11-13,15,18H,8-10H2,1-3H3. The summed E-state index contributed by atoms with van der Waals surface area (Å²) in [7, 11) is 0. The molecule has 0 fully saturated rings. The summed E-state index contributed by atoms with van der Waals surface area (Å²) in [6.07, 6.45) is 1.01. The fourth-order valence-electron chi connectivity index (χ4n) is 2.47. The first-order valence-electron chi connectivity index (χ1n) is 7.30. The minimum atomic E-state index is 0.497. The van der Waals surface area contributed by atoms with Crippen LogP contribution < -0.4 is 5.32 Å². The van der Waals surface area contributed by atoms with Crippen LogP contribution in [0.4, 0.5) is 0 Å². The number of aromatic nitrogens is 1. The quantitative estimate of drug-likeness (QED) is 0.832. The Kier molecular flexibility index (Phi) is 5.74. The number of hydrogen-bond donors (Lipinski definition) is 1. The van der Waals surface area contributed by atoms with Crippen LogP contribution in [0.3, 0.4) is 0 Å². The van der Waals surface area contributed by atoms with E-state index >= 15 is 0 Å². The number of aryl methyl sites for hydroxylation is 1. The van der Waals surface area contributed by atoms with Gasteiger partial charge in [-0.25, -0.2) is 4.98 Å². The average molecular weight is 288 g/mol. The molecule has 0 saturated carbocycles. The third-order valence-electron chi connectivity index (χ3n) is 3.51. The Morgan fingerprint density at radius 3 is 2.65 bits per heavy atom. The van der Waals surface area contributed by atoms with Crippen molar-refractivity contribution >= 4 is 11.3 Å². The van der Waals surface area contributed by atoms with Gasteiger partial charge in [-0.05, 0) is 36.9 Å². The lowest BCUT2D eigenvalue weighted by molar-refractivity contribution is 0.511. The van der Waals surface area contributed by atoms with Crippen LogP contribution in [0.2, 0.25) is 0 Å². The van der Waals surface area contributed by atoms with Gasteiger partial charge in [0.2, 0.25) is 0 Å². The van der Waals surface area contributed by atoms with E-state index in [1.54, 1.807) is 11.3 Å². The summed E-state index contributed by atoms with van der Waals surface area (Å²) in [5.74, 6) is 1.18. The molecule has 20 heavy (non-hydrogen) atoms. The van der Waals surface area contributed by atoms with Crippen LogP contribution in [0.15, 0.2) is 35.2 Å². The Bertz CT molecular complexity index is 505. The maximum Gasteiger partial charge on any atom is 0.0794 e. The first-order chi connectivity index (χ1) is 9.66. The molecule has 108 valence electrons. The Balaban J connectivity index is 2.09. The topological polar surface area (TPSA) is 24.9 Å². The average Bonchev–Trinajstić information content (AvgIpc) is 2.91. The minimum Gasteiger partial charge on any atom is -0.316 e. The van der Waals surface area contributed by atoms with E-state index in [9.17, 15) is 0 Å². The van der Waals surface area contributed by atoms with Gasteiger partial charge in [-0.2, -0.15) is 0 Å². The molecular weight excluding hydrogens is 264 g/mol. The molecule has 0 aliphatic rings. The number of rotatable bonds is 7. The van der Waals surface area contributed by atoms with Crippen LogP contribution in [0.25, 0.3) is 0 Å². The summed E-state index contributed by atoms with van der Waals surface area (Å²) in [4.78, 5) is 4.45. The van der Waals surface area contributed by atoms with Gasteiger partial charge in [0.05, 0.1) is 11.2 Å². The Labute approximate surface area is 126 Å². The summed E-state index contributed by atoms with van der Waals surface area (Å²) < 4.78 is 0. The molecule has 1 heterocycles. The van der Waals surface area contributed by atoms with E-state index in [0.717, 1.165) is 19.5 Å². The van der Waals surface area contributed by atoms with Gasteiger partial charge in [0.15, 0.2) is 0 Å². The first kappa shape index (κ1) is 15.2. The highest BCUT2D eigenvalue weighted by Gasteiger charge is 2.15. The van der Waals surface area contributed by atoms with Crippen LogP contribution in [0, 0.1) is 12.8 Å². The molecule has 0 saturated heterocycles. The highest BCUT2D eigenvalue weighted by atomic mass is 32.1. The van der Waals surface area contributed by atoms with Crippen LogP contribution in [0.5, 0.6) is 0 Å². The molecule has 0 bridgehead atoms. The summed E-state index contributed by atoms with van der Waals surface area (Å²) in [6.45, 7) is 8.78. The van der Waals surface area contributed by atoms with Crippen LogP contribution in [0.1, 0.15) is 36.6 Å². The van der Waals surface area contributed by atoms with Gasteiger partial charge in [0, 0.05) is 17.8 Å². The molecule has 1 unspecified atom stereocenters. The normalized spacial score (nSPS) is 12.8. The second-order valence-corrected chi connectivity index (χ2v) is 6.51. The molecular formula is C17H24N2S. The molecule has 2 nitrogen and oxygen atoms in total. The molecule has 1 aromatic heterocycles. The Morgan fingerprint density at radius 2 is 2.00 bits per heavy atom. The van der Waals surface area contributed by atoms with Crippen molar-refractivity contribution in [1.29, 1.82) is 0 Å². The zero-order chi connectivity index (χ0) is 14.4. The lowest BCUT2D eigenvalue weighted by atomic mass is 9.91. The molecule has 3 heteroatoms. The smallest absolute Gasteiger partial charge is 0.0794 e. The minimum absolute atomic E-state index is 0.497. The largest absolute Gasteiger partial charge is 0.316 e. The van der Waals surface area contributed by atoms with Gasteiger partial charge in [-0.1, -0.05) is 38.1 Å². The van der Waals surface area contributed by atoms with Crippen LogP contribution in [-0.2, 0) is 6.42 Å². The molecule has 0 aliphatic carbocycles. The molecule has 1 N–H and O–H groups in total. The van der Waals surface area contributed by atoms with Crippen molar-refractivity contribution in [2.45, 2.75) is 33.1 Å². The van der Waals surface area contributed by atoms with Gasteiger partial charge >= 0.3 is 0 Å². The highest BCUT2D eigenvalue weighted by Crippen LogP contribution is 2.23. The lowest BCUT2D eigenvalue weighted by Crippen LogP contribution is -2.27. The van der Waals surface area contributed by atoms with Gasteiger partial charge in [0.1, 0.15) is 0 Å². The number of nitrogens with one attached hydrogen (secondary N) is 1. The SMILES string of the molecule is Cc1ccccc1C(CNCC(C)C)Cc1cscn1. The number of hydrogen-bond acceptors (Lipinski definition) is 3. The summed E-state index contributed by atoms with van der Waals surface area (Å²) in [5.41, 5.74) is 5.94. The second kappa shape index (κ2) is 7.55. The van der Waals surface area contributed by atoms with E-state index in [4.69, 9.17) is 0 Å². The van der Waals surface area contributed by atoms with Gasteiger partial charge in [-0.15, -0.1) is 11.3 Å². The third-order valence-corrected chi connectivity index (χ3v) is 4.15. The van der Waals surface area contributed by atoms with E-state index in [0.29, 0.717) is 11.8 Å². The monoisotopic (exact) mass is 288 g/mol. The van der Waals surface area contributed by atoms with Gasteiger partial charge in [0.25, 0.3) is 0 Å². The Morgan fingerprint density at radius 1 is 1.20 bits per heavy atom. The van der Waals surface area contributed by atoms with Crippen molar-refractivity contribution in [2.75, 3.05) is 13.1 Å². The molecule has 2 aromatic rings. The van der Waals surface area contributed by atoms with Gasteiger partial charge < -0.3 is 5.32 Å². The summed E-state index contributed by atoms with van der Waals surface area (Å²) in [5, 5.41) is 5.76. The summed E-state index contributed by atoms with van der Waals surface area (Å²) >= 11 is 1.68. The van der Waals surface area contributed by atoms with Crippen molar-refractivity contribution in [3.8, 4) is 0 Å². The van der Waals surface area contributed by atoms with Gasteiger partial charge in [-0.3, -0.25) is 0 Å². The first-order valence-corrected chi connectivity index (χ1v) is 8.24. The van der Waals surface area contributed by atoms with Crippen LogP contribution in [-0.4, -0.2) is 18.1 Å². The fourth-order valence-corrected chi connectivity index (χ4v) is 3.05. The van der Waals surface area contributed by atoms with E-state index in [-0.39, 0.29) is 0 Å². The predicted octanol–water partition coefficient (Wildman–Crippen LogP) is 4.02. The van der Waals surface area contributed by atoms with Crippen molar-refractivity contribution in [2.24, 2.45) is 5.92 Å². The zero-order valence-electron chi connectivity index (χ0n) is 12.6. The lowest BCUT2D eigenvalue weighted by Gasteiger charge is -2.20. The van der Waals surface area contributed by atoms with Crippen molar-refractivity contribution < 1.29 is 0 Å². The molecule has 1 aromatic carbocycles. The van der Waals surface area contributed by atoms with Crippen molar-refractivity contribution in [3.05, 3.63) is 52.0 Å². The van der Waals surface area contributed by atoms with Crippen LogP contribution >= 0.6 is 11.3 Å². The number of thiazole rings is 1. The molecule has 0 radical (unpaired) electrons. The summed E-state index contributed by atoms with van der Waals surface area (Å²) in [6, 6.07) is 8.70. The maximum atomic E-state index is 4.45. The molecule has 0 aliphatic heterocycles.